The van der Waals surface area contributed by atoms with Gasteiger partial charge in [0.05, 0.1) is 16.9 Å². The zero-order valence-corrected chi connectivity index (χ0v) is 16.2. The summed E-state index contributed by atoms with van der Waals surface area (Å²) in [6, 6.07) is -0.253. The smallest absolute Gasteiger partial charge is 0.260 e. The Kier molecular flexibility index (Phi) is 4.60. The first-order chi connectivity index (χ1) is 12.5. The van der Waals surface area contributed by atoms with Crippen molar-refractivity contribution < 1.29 is 17.9 Å². The fourth-order valence-electron chi connectivity index (χ4n) is 3.88. The second-order valence-corrected chi connectivity index (χ2v) is 10.1. The maximum atomic E-state index is 12.6. The molecule has 1 atom stereocenters. The van der Waals surface area contributed by atoms with Crippen molar-refractivity contribution >= 4 is 37.3 Å². The standard InChI is InChI=1S/C17H21N3O4S2/c1-2-20(11-6-7-26(22,23)9-11)14(21)8-24-16-15-12-4-3-5-13(12)25-17(15)19-10-18-16/h10-11H,2-9H2,1H3/t11-/m1/s1. The van der Waals surface area contributed by atoms with Crippen LogP contribution in [0.3, 0.4) is 0 Å². The molecule has 1 aliphatic heterocycles. The minimum absolute atomic E-state index is 0.0440. The van der Waals surface area contributed by atoms with Gasteiger partial charge in [-0.25, -0.2) is 18.4 Å². The molecule has 0 unspecified atom stereocenters. The molecule has 2 aromatic rings. The van der Waals surface area contributed by atoms with Crippen molar-refractivity contribution in [1.29, 1.82) is 0 Å². The van der Waals surface area contributed by atoms with Gasteiger partial charge in [0.1, 0.15) is 11.2 Å². The van der Waals surface area contributed by atoms with Crippen LogP contribution in [0.25, 0.3) is 10.2 Å². The third kappa shape index (κ3) is 3.18. The summed E-state index contributed by atoms with van der Waals surface area (Å²) in [5.74, 6) is 0.448. The summed E-state index contributed by atoms with van der Waals surface area (Å²) in [6.45, 7) is 2.19. The van der Waals surface area contributed by atoms with Crippen LogP contribution in [-0.4, -0.2) is 59.9 Å². The molecule has 26 heavy (non-hydrogen) atoms. The van der Waals surface area contributed by atoms with Gasteiger partial charge in [-0.1, -0.05) is 0 Å². The number of nitrogens with zero attached hydrogens (tertiary/aromatic N) is 3. The van der Waals surface area contributed by atoms with E-state index in [1.807, 2.05) is 6.92 Å². The first-order valence-corrected chi connectivity index (χ1v) is 11.5. The average molecular weight is 396 g/mol. The minimum Gasteiger partial charge on any atom is -0.467 e. The van der Waals surface area contributed by atoms with Crippen molar-refractivity contribution in [2.24, 2.45) is 0 Å². The van der Waals surface area contributed by atoms with Gasteiger partial charge in [0.25, 0.3) is 5.91 Å². The van der Waals surface area contributed by atoms with Gasteiger partial charge in [0.15, 0.2) is 16.4 Å². The van der Waals surface area contributed by atoms with Crippen LogP contribution < -0.4 is 4.74 Å². The second kappa shape index (κ2) is 6.77. The summed E-state index contributed by atoms with van der Waals surface area (Å²) in [6.07, 6.45) is 5.15. The number of carbonyl (C=O) groups excluding carboxylic acids is 1. The molecule has 1 aliphatic carbocycles. The summed E-state index contributed by atoms with van der Waals surface area (Å²) in [5.41, 5.74) is 1.25. The lowest BCUT2D eigenvalue weighted by atomic mass is 10.2. The van der Waals surface area contributed by atoms with Gasteiger partial charge >= 0.3 is 0 Å². The van der Waals surface area contributed by atoms with Gasteiger partial charge in [-0.15, -0.1) is 11.3 Å². The van der Waals surface area contributed by atoms with Crippen LogP contribution in [0.2, 0.25) is 0 Å². The zero-order chi connectivity index (χ0) is 18.3. The lowest BCUT2D eigenvalue weighted by Gasteiger charge is -2.26. The molecule has 0 bridgehead atoms. The fraction of sp³-hybridized carbons (Fsp3) is 0.588. The molecular formula is C17H21N3O4S2. The number of carbonyl (C=O) groups is 1. The van der Waals surface area contributed by atoms with E-state index in [9.17, 15) is 13.2 Å². The predicted molar refractivity (Wildman–Crippen MR) is 99.4 cm³/mol. The van der Waals surface area contributed by atoms with Gasteiger partial charge in [0.2, 0.25) is 5.88 Å². The first kappa shape index (κ1) is 17.7. The molecule has 7 nitrogen and oxygen atoms in total. The highest BCUT2D eigenvalue weighted by atomic mass is 32.2. The number of thiophene rings is 1. The SMILES string of the molecule is CCN(C(=O)COc1ncnc2sc3c(c12)CCC3)[C@@H]1CCS(=O)(=O)C1. The number of sulfone groups is 1. The Balaban J connectivity index is 1.50. The quantitative estimate of drug-likeness (QED) is 0.764. The molecule has 0 spiro atoms. The number of aromatic nitrogens is 2. The fourth-order valence-corrected chi connectivity index (χ4v) is 6.83. The van der Waals surface area contributed by atoms with Crippen molar-refractivity contribution in [3.8, 4) is 5.88 Å². The van der Waals surface area contributed by atoms with E-state index in [0.29, 0.717) is 18.8 Å². The Morgan fingerprint density at radius 2 is 2.23 bits per heavy atom. The monoisotopic (exact) mass is 395 g/mol. The number of hydrogen-bond acceptors (Lipinski definition) is 7. The second-order valence-electron chi connectivity index (χ2n) is 6.74. The number of aryl methyl sites for hydroxylation is 2. The molecule has 9 heteroatoms. The van der Waals surface area contributed by atoms with Crippen molar-refractivity contribution in [2.75, 3.05) is 24.7 Å². The van der Waals surface area contributed by atoms with Crippen molar-refractivity contribution in [3.63, 3.8) is 0 Å². The van der Waals surface area contributed by atoms with E-state index in [2.05, 4.69) is 9.97 Å². The summed E-state index contributed by atoms with van der Waals surface area (Å²) in [4.78, 5) is 25.0. The van der Waals surface area contributed by atoms with Crippen LogP contribution in [0.4, 0.5) is 0 Å². The van der Waals surface area contributed by atoms with Crippen LogP contribution in [0.1, 0.15) is 30.2 Å². The molecule has 1 amide bonds. The van der Waals surface area contributed by atoms with E-state index in [1.54, 1.807) is 16.2 Å². The lowest BCUT2D eigenvalue weighted by molar-refractivity contribution is -0.135. The van der Waals surface area contributed by atoms with E-state index < -0.39 is 9.84 Å². The number of hydrogen-bond donors (Lipinski definition) is 0. The highest BCUT2D eigenvalue weighted by Crippen LogP contribution is 2.39. The van der Waals surface area contributed by atoms with Crippen LogP contribution in [0, 0.1) is 0 Å². The Labute approximate surface area is 156 Å². The molecule has 0 aromatic carbocycles. The van der Waals surface area contributed by atoms with Crippen LogP contribution >= 0.6 is 11.3 Å². The van der Waals surface area contributed by atoms with Crippen molar-refractivity contribution in [1.82, 2.24) is 14.9 Å². The van der Waals surface area contributed by atoms with Gasteiger partial charge in [-0.2, -0.15) is 0 Å². The molecular weight excluding hydrogens is 374 g/mol. The number of amides is 1. The molecule has 1 fully saturated rings. The number of rotatable bonds is 5. The molecule has 4 rings (SSSR count). The average Bonchev–Trinajstić information content (AvgIpc) is 3.27. The largest absolute Gasteiger partial charge is 0.467 e. The van der Waals surface area contributed by atoms with Crippen LogP contribution in [0.15, 0.2) is 6.33 Å². The van der Waals surface area contributed by atoms with Crippen molar-refractivity contribution in [3.05, 3.63) is 16.8 Å². The zero-order valence-electron chi connectivity index (χ0n) is 14.6. The number of likely N-dealkylation sites (N-methyl/N-ethyl adjacent to an activating group) is 1. The third-order valence-electron chi connectivity index (χ3n) is 5.11. The Morgan fingerprint density at radius 1 is 1.38 bits per heavy atom. The van der Waals surface area contributed by atoms with Gasteiger partial charge in [-0.05, 0) is 38.2 Å². The maximum Gasteiger partial charge on any atom is 0.260 e. The van der Waals surface area contributed by atoms with E-state index in [-0.39, 0.29) is 30.1 Å². The summed E-state index contributed by atoms with van der Waals surface area (Å²) in [5, 5.41) is 0.935. The lowest BCUT2D eigenvalue weighted by Crippen LogP contribution is -2.43. The molecule has 0 N–H and O–H groups in total. The molecule has 0 saturated carbocycles. The first-order valence-electron chi connectivity index (χ1n) is 8.86. The molecule has 3 heterocycles. The highest BCUT2D eigenvalue weighted by molar-refractivity contribution is 7.91. The minimum atomic E-state index is -3.03. The topological polar surface area (TPSA) is 89.5 Å². The van der Waals surface area contributed by atoms with E-state index in [4.69, 9.17) is 4.74 Å². The number of fused-ring (bicyclic) bond motifs is 3. The predicted octanol–water partition coefficient (Wildman–Crippen LogP) is 1.59. The Morgan fingerprint density at radius 3 is 2.96 bits per heavy atom. The van der Waals surface area contributed by atoms with Gasteiger partial charge in [0, 0.05) is 17.5 Å². The van der Waals surface area contributed by atoms with Crippen LogP contribution in [-0.2, 0) is 27.5 Å². The summed E-state index contributed by atoms with van der Waals surface area (Å²) < 4.78 is 29.2. The maximum absolute atomic E-state index is 12.6. The van der Waals surface area contributed by atoms with Crippen LogP contribution in [0.5, 0.6) is 5.88 Å². The molecule has 1 saturated heterocycles. The summed E-state index contributed by atoms with van der Waals surface area (Å²) in [7, 11) is -3.03. The van der Waals surface area contributed by atoms with E-state index >= 15 is 0 Å². The number of ether oxygens (including phenoxy) is 1. The Hall–Kier alpha value is -1.74. The molecule has 0 radical (unpaired) electrons. The molecule has 140 valence electrons. The van der Waals surface area contributed by atoms with Gasteiger partial charge in [-0.3, -0.25) is 4.79 Å². The summed E-state index contributed by atoms with van der Waals surface area (Å²) >= 11 is 1.67. The molecule has 2 aliphatic rings. The van der Waals surface area contributed by atoms with Crippen molar-refractivity contribution in [2.45, 2.75) is 38.6 Å². The third-order valence-corrected chi connectivity index (χ3v) is 8.06. The Bertz CT molecular complexity index is 954. The normalized spacial score (nSPS) is 21.0. The molecule has 2 aromatic heterocycles. The van der Waals surface area contributed by atoms with Gasteiger partial charge < -0.3 is 9.64 Å². The highest BCUT2D eigenvalue weighted by Gasteiger charge is 2.34. The van der Waals surface area contributed by atoms with E-state index in [1.165, 1.54) is 16.8 Å². The van der Waals surface area contributed by atoms with E-state index in [0.717, 1.165) is 29.5 Å².